The second kappa shape index (κ2) is 3.79. The van der Waals surface area contributed by atoms with Crippen molar-refractivity contribution >= 4 is 11.6 Å². The van der Waals surface area contributed by atoms with Crippen LogP contribution < -0.4 is 5.73 Å². The van der Waals surface area contributed by atoms with Crippen molar-refractivity contribution in [1.82, 2.24) is 0 Å². The van der Waals surface area contributed by atoms with Crippen LogP contribution >= 0.6 is 11.6 Å². The highest BCUT2D eigenvalue weighted by molar-refractivity contribution is 6.32. The average molecular weight is 214 g/mol. The number of nitrogens with two attached hydrogens (primary N) is 1. The van der Waals surface area contributed by atoms with Gasteiger partial charge in [0, 0.05) is 16.6 Å². The smallest absolute Gasteiger partial charge is 0.123 e. The molecular weight excluding hydrogens is 198 g/mol. The Kier molecular flexibility index (Phi) is 3.07. The van der Waals surface area contributed by atoms with Gasteiger partial charge in [-0.15, -0.1) is 0 Å². The Hall–Kier alpha value is -0.730. The first kappa shape index (κ1) is 11.3. The molecule has 0 aliphatic rings. The van der Waals surface area contributed by atoms with E-state index in [9.17, 15) is 5.11 Å². The molecule has 0 heterocycles. The van der Waals surface area contributed by atoms with Gasteiger partial charge in [0.15, 0.2) is 0 Å². The van der Waals surface area contributed by atoms with Crippen molar-refractivity contribution in [2.75, 3.05) is 0 Å². The van der Waals surface area contributed by atoms with Crippen LogP contribution in [-0.2, 0) is 0 Å². The van der Waals surface area contributed by atoms with Gasteiger partial charge in [-0.25, -0.2) is 0 Å². The fourth-order valence-corrected chi connectivity index (χ4v) is 1.92. The van der Waals surface area contributed by atoms with Crippen molar-refractivity contribution in [3.8, 4) is 5.75 Å². The number of benzene rings is 1. The molecule has 1 atom stereocenters. The van der Waals surface area contributed by atoms with E-state index in [2.05, 4.69) is 0 Å². The number of rotatable bonds is 1. The molecule has 0 aliphatic carbocycles. The third-order valence-corrected chi connectivity index (χ3v) is 3.26. The summed E-state index contributed by atoms with van der Waals surface area (Å²) in [4.78, 5) is 0. The van der Waals surface area contributed by atoms with Crippen LogP contribution in [-0.4, -0.2) is 5.11 Å². The predicted octanol–water partition coefficient (Wildman–Crippen LogP) is 2.99. The molecule has 1 unspecified atom stereocenters. The number of phenols is 1. The number of phenolic OH excluding ortho intramolecular Hbond substituents is 1. The van der Waals surface area contributed by atoms with Gasteiger partial charge in [0.05, 0.1) is 0 Å². The molecule has 0 fully saturated rings. The van der Waals surface area contributed by atoms with Crippen LogP contribution in [0.25, 0.3) is 0 Å². The van der Waals surface area contributed by atoms with E-state index in [1.165, 1.54) is 0 Å². The van der Waals surface area contributed by atoms with Gasteiger partial charge in [-0.3, -0.25) is 0 Å². The van der Waals surface area contributed by atoms with Gasteiger partial charge in [-0.05, 0) is 44.4 Å². The Morgan fingerprint density at radius 2 is 1.64 bits per heavy atom. The second-order valence-corrected chi connectivity index (χ2v) is 4.12. The Bertz CT molecular complexity index is 343. The molecule has 78 valence electrons. The molecular formula is C11H16ClNO. The highest BCUT2D eigenvalue weighted by atomic mass is 35.5. The standard InChI is InChI=1S/C11H16ClNO/c1-5-6(2)11(14)9(8(4)13)7(3)10(5)12/h8,14H,13H2,1-4H3. The van der Waals surface area contributed by atoms with Crippen LogP contribution in [0.2, 0.25) is 5.02 Å². The van der Waals surface area contributed by atoms with E-state index < -0.39 is 0 Å². The highest BCUT2D eigenvalue weighted by Crippen LogP contribution is 2.37. The molecule has 0 saturated carbocycles. The molecule has 1 aromatic carbocycles. The van der Waals surface area contributed by atoms with Gasteiger partial charge in [-0.1, -0.05) is 11.6 Å². The number of aromatic hydroxyl groups is 1. The lowest BCUT2D eigenvalue weighted by molar-refractivity contribution is 0.458. The van der Waals surface area contributed by atoms with Crippen LogP contribution in [0.5, 0.6) is 5.75 Å². The quantitative estimate of drug-likeness (QED) is 0.754. The lowest BCUT2D eigenvalue weighted by Crippen LogP contribution is -2.09. The largest absolute Gasteiger partial charge is 0.507 e. The molecule has 0 aliphatic heterocycles. The SMILES string of the molecule is Cc1c(C)c(Cl)c(C)c(C(C)N)c1O. The van der Waals surface area contributed by atoms with Crippen molar-refractivity contribution in [1.29, 1.82) is 0 Å². The molecule has 0 aromatic heterocycles. The van der Waals surface area contributed by atoms with E-state index >= 15 is 0 Å². The minimum atomic E-state index is -0.202. The molecule has 0 bridgehead atoms. The van der Waals surface area contributed by atoms with Crippen LogP contribution in [0.4, 0.5) is 0 Å². The van der Waals surface area contributed by atoms with Gasteiger partial charge < -0.3 is 10.8 Å². The molecule has 3 heteroatoms. The van der Waals surface area contributed by atoms with Crippen LogP contribution in [0, 0.1) is 20.8 Å². The summed E-state index contributed by atoms with van der Waals surface area (Å²) in [5, 5.41) is 10.6. The molecule has 2 nitrogen and oxygen atoms in total. The molecule has 0 spiro atoms. The molecule has 1 aromatic rings. The predicted molar refractivity (Wildman–Crippen MR) is 59.9 cm³/mol. The molecule has 1 rings (SSSR count). The average Bonchev–Trinajstić information content (AvgIpc) is 2.11. The Morgan fingerprint density at radius 1 is 1.14 bits per heavy atom. The Balaban J connectivity index is 3.60. The van der Waals surface area contributed by atoms with Crippen molar-refractivity contribution < 1.29 is 5.11 Å². The van der Waals surface area contributed by atoms with Crippen molar-refractivity contribution in [2.45, 2.75) is 33.7 Å². The normalized spacial score (nSPS) is 13.0. The summed E-state index contributed by atoms with van der Waals surface area (Å²) in [6, 6.07) is -0.202. The lowest BCUT2D eigenvalue weighted by atomic mass is 9.95. The monoisotopic (exact) mass is 213 g/mol. The Labute approximate surface area is 89.7 Å². The zero-order valence-electron chi connectivity index (χ0n) is 8.98. The summed E-state index contributed by atoms with van der Waals surface area (Å²) < 4.78 is 0. The van der Waals surface area contributed by atoms with Crippen molar-refractivity contribution in [3.05, 3.63) is 27.3 Å². The van der Waals surface area contributed by atoms with E-state index in [1.807, 2.05) is 27.7 Å². The van der Waals surface area contributed by atoms with Crippen LogP contribution in [0.3, 0.4) is 0 Å². The molecule has 3 N–H and O–H groups in total. The molecule has 0 radical (unpaired) electrons. The van der Waals surface area contributed by atoms with Crippen LogP contribution in [0.15, 0.2) is 0 Å². The molecule has 14 heavy (non-hydrogen) atoms. The first-order chi connectivity index (χ1) is 6.37. The van der Waals surface area contributed by atoms with Crippen LogP contribution in [0.1, 0.15) is 35.2 Å². The fourth-order valence-electron chi connectivity index (χ4n) is 1.68. The first-order valence-electron chi connectivity index (χ1n) is 4.61. The van der Waals surface area contributed by atoms with E-state index in [1.54, 1.807) is 0 Å². The number of hydrogen-bond donors (Lipinski definition) is 2. The van der Waals surface area contributed by atoms with E-state index in [4.69, 9.17) is 17.3 Å². The van der Waals surface area contributed by atoms with Gasteiger partial charge in [0.1, 0.15) is 5.75 Å². The van der Waals surface area contributed by atoms with Gasteiger partial charge in [0.2, 0.25) is 0 Å². The summed E-state index contributed by atoms with van der Waals surface area (Å²) in [5.74, 6) is 0.277. The number of hydrogen-bond acceptors (Lipinski definition) is 2. The van der Waals surface area contributed by atoms with Gasteiger partial charge in [0.25, 0.3) is 0 Å². The molecule has 0 amide bonds. The maximum absolute atomic E-state index is 9.92. The number of halogens is 1. The summed E-state index contributed by atoms with van der Waals surface area (Å²) >= 11 is 6.14. The maximum atomic E-state index is 9.92. The zero-order chi connectivity index (χ0) is 11.0. The Morgan fingerprint density at radius 3 is 2.07 bits per heavy atom. The zero-order valence-corrected chi connectivity index (χ0v) is 9.74. The third kappa shape index (κ3) is 1.60. The fraction of sp³-hybridized carbons (Fsp3) is 0.455. The summed E-state index contributed by atoms with van der Waals surface area (Å²) in [6.45, 7) is 7.47. The lowest BCUT2D eigenvalue weighted by Gasteiger charge is -2.18. The summed E-state index contributed by atoms with van der Waals surface area (Å²) in [5.41, 5.74) is 9.15. The molecule has 0 saturated heterocycles. The van der Waals surface area contributed by atoms with Crippen molar-refractivity contribution in [3.63, 3.8) is 0 Å². The first-order valence-corrected chi connectivity index (χ1v) is 4.99. The third-order valence-electron chi connectivity index (χ3n) is 2.69. The minimum Gasteiger partial charge on any atom is -0.507 e. The highest BCUT2D eigenvalue weighted by Gasteiger charge is 2.17. The topological polar surface area (TPSA) is 46.2 Å². The van der Waals surface area contributed by atoms with E-state index in [-0.39, 0.29) is 11.8 Å². The second-order valence-electron chi connectivity index (χ2n) is 3.74. The van der Waals surface area contributed by atoms with Gasteiger partial charge >= 0.3 is 0 Å². The van der Waals surface area contributed by atoms with E-state index in [0.29, 0.717) is 5.02 Å². The van der Waals surface area contributed by atoms with Crippen molar-refractivity contribution in [2.24, 2.45) is 5.73 Å². The van der Waals surface area contributed by atoms with Gasteiger partial charge in [-0.2, -0.15) is 0 Å². The maximum Gasteiger partial charge on any atom is 0.123 e. The minimum absolute atomic E-state index is 0.202. The van der Waals surface area contributed by atoms with E-state index in [0.717, 1.165) is 22.3 Å². The summed E-state index contributed by atoms with van der Waals surface area (Å²) in [7, 11) is 0. The summed E-state index contributed by atoms with van der Waals surface area (Å²) in [6.07, 6.45) is 0.